The van der Waals surface area contributed by atoms with Gasteiger partial charge in [0.05, 0.1) is 12.4 Å². The van der Waals surface area contributed by atoms with E-state index in [0.29, 0.717) is 0 Å². The van der Waals surface area contributed by atoms with Crippen molar-refractivity contribution in [3.05, 3.63) is 0 Å². The van der Waals surface area contributed by atoms with Crippen molar-refractivity contribution in [2.24, 2.45) is 5.73 Å². The molecule has 0 unspecified atom stereocenters. The molecule has 0 aromatic rings. The first-order valence-electron chi connectivity index (χ1n) is 2.56. The number of nitrogens with two attached hydrogens (primary N) is 1. The largest absolute Gasteiger partial charge is 1.00 e. The van der Waals surface area contributed by atoms with E-state index in [0.717, 1.165) is 0 Å². The molecule has 0 bridgehead atoms. The molecule has 0 heterocycles. The normalized spacial score (nSPS) is 7.67. The Hall–Kier alpha value is 0.266. The fourth-order valence-corrected chi connectivity index (χ4v) is 0.358. The quantitative estimate of drug-likeness (QED) is 0.183. The van der Waals surface area contributed by atoms with Crippen LogP contribution in [0.25, 0.3) is 0 Å². The average molecular weight is 215 g/mol. The van der Waals surface area contributed by atoms with Gasteiger partial charge in [-0.1, -0.05) is 0 Å². The maximum absolute atomic E-state index is 10.4. The summed E-state index contributed by atoms with van der Waals surface area (Å²) in [6.07, 6.45) is -0.727. The van der Waals surface area contributed by atoms with Gasteiger partial charge in [0, 0.05) is 0 Å². The Morgan fingerprint density at radius 1 is 1.42 bits per heavy atom. The number of nitrogens with one attached hydrogen (secondary N) is 2. The van der Waals surface area contributed by atoms with Gasteiger partial charge in [0.2, 0.25) is 5.91 Å². The second-order valence-corrected chi connectivity index (χ2v) is 2.03. The topological polar surface area (TPSA) is 107 Å². The number of carbonyl (C=O) groups is 2. The number of amides is 1. The predicted octanol–water partition coefficient (Wildman–Crippen LogP) is -6.01. The van der Waals surface area contributed by atoms with Crippen LogP contribution in [0.5, 0.6) is 0 Å². The first-order chi connectivity index (χ1) is 5.02. The molecule has 0 saturated carbocycles. The van der Waals surface area contributed by atoms with Crippen molar-refractivity contribution in [2.45, 2.75) is 6.42 Å². The zero-order valence-corrected chi connectivity index (χ0v) is 10.4. The van der Waals surface area contributed by atoms with Crippen LogP contribution in [0.15, 0.2) is 0 Å². The van der Waals surface area contributed by atoms with Gasteiger partial charge in [-0.05, 0) is 12.2 Å². The Kier molecular flexibility index (Phi) is 9.72. The summed E-state index contributed by atoms with van der Waals surface area (Å²) in [5.41, 5.74) is 8.92. The summed E-state index contributed by atoms with van der Waals surface area (Å²) in [4.78, 5) is 20.2. The Morgan fingerprint density at radius 3 is 2.25 bits per heavy atom. The molecule has 6 nitrogen and oxygen atoms in total. The van der Waals surface area contributed by atoms with Gasteiger partial charge >= 0.3 is 51.4 Å². The smallest absolute Gasteiger partial charge is 0.550 e. The fraction of sp³-hybridized carbons (Fsp3) is 0.250. The van der Waals surface area contributed by atoms with E-state index >= 15 is 0 Å². The summed E-state index contributed by atoms with van der Waals surface area (Å²) in [6.45, 7) is 0. The van der Waals surface area contributed by atoms with E-state index in [-0.39, 0.29) is 56.5 Å². The van der Waals surface area contributed by atoms with E-state index in [1.807, 2.05) is 5.43 Å². The molecule has 0 atom stereocenters. The number of thiocarbonyl (C=S) groups is 1. The molecule has 0 aromatic heterocycles. The first-order valence-corrected chi connectivity index (χ1v) is 2.97. The monoisotopic (exact) mass is 215 g/mol. The third-order valence-electron chi connectivity index (χ3n) is 0.630. The van der Waals surface area contributed by atoms with Crippen LogP contribution in [0.3, 0.4) is 0 Å². The number of carbonyl (C=O) groups excluding carboxylic acids is 2. The van der Waals surface area contributed by atoms with Crippen LogP contribution in [0.1, 0.15) is 6.42 Å². The molecule has 62 valence electrons. The van der Waals surface area contributed by atoms with Gasteiger partial charge in [-0.2, -0.15) is 0 Å². The third-order valence-corrected chi connectivity index (χ3v) is 0.732. The minimum Gasteiger partial charge on any atom is -0.550 e. The molecule has 0 saturated heterocycles. The number of hydrazine groups is 1. The van der Waals surface area contributed by atoms with E-state index in [4.69, 9.17) is 5.73 Å². The van der Waals surface area contributed by atoms with Gasteiger partial charge in [0.1, 0.15) is 0 Å². The molecule has 0 radical (unpaired) electrons. The van der Waals surface area contributed by atoms with Gasteiger partial charge in [0.15, 0.2) is 5.11 Å². The van der Waals surface area contributed by atoms with Crippen molar-refractivity contribution in [2.75, 3.05) is 0 Å². The molecule has 0 aliphatic heterocycles. The zero-order valence-electron chi connectivity index (χ0n) is 6.42. The predicted molar refractivity (Wildman–Crippen MR) is 37.7 cm³/mol. The van der Waals surface area contributed by atoms with Gasteiger partial charge < -0.3 is 15.6 Å². The average Bonchev–Trinajstić information content (AvgIpc) is 1.82. The van der Waals surface area contributed by atoms with Gasteiger partial charge in [-0.15, -0.1) is 0 Å². The molecule has 0 aliphatic carbocycles. The first kappa shape index (κ1) is 14.8. The molecule has 1 amide bonds. The van der Waals surface area contributed by atoms with E-state index in [9.17, 15) is 14.7 Å². The Bertz CT molecular complexity index is 198. The Balaban J connectivity index is 0. The van der Waals surface area contributed by atoms with Crippen molar-refractivity contribution in [1.29, 1.82) is 0 Å². The summed E-state index contributed by atoms with van der Waals surface area (Å²) in [5, 5.41) is 9.65. The molecule has 0 aliphatic rings. The Labute approximate surface area is 117 Å². The van der Waals surface area contributed by atoms with Crippen molar-refractivity contribution in [3.63, 3.8) is 0 Å². The summed E-state index contributed by atoms with van der Waals surface area (Å²) in [6, 6.07) is 0. The van der Waals surface area contributed by atoms with Crippen molar-refractivity contribution in [1.82, 2.24) is 10.9 Å². The number of hydrogen-bond donors (Lipinski definition) is 3. The second-order valence-electron chi connectivity index (χ2n) is 1.59. The maximum Gasteiger partial charge on any atom is 1.00 e. The zero-order chi connectivity index (χ0) is 8.85. The molecule has 0 fully saturated rings. The number of aliphatic carboxylic acids is 1. The van der Waals surface area contributed by atoms with Crippen molar-refractivity contribution < 1.29 is 66.1 Å². The summed E-state index contributed by atoms with van der Waals surface area (Å²) in [7, 11) is 0. The van der Waals surface area contributed by atoms with Crippen molar-refractivity contribution >= 4 is 29.2 Å². The molecule has 4 N–H and O–H groups in total. The van der Waals surface area contributed by atoms with Crippen LogP contribution < -0.4 is 73.1 Å². The standard InChI is InChI=1S/C4H7N3O3S.K/c5-4(11)7-6-2(8)1-3(9)10;/h1H2,(H,6,8)(H,9,10)(H3,5,7,11);/q;+1/p-1. The molecule has 0 aromatic carbocycles. The molecule has 8 heteroatoms. The van der Waals surface area contributed by atoms with E-state index in [1.54, 1.807) is 0 Å². The molecule has 0 rings (SSSR count). The van der Waals surface area contributed by atoms with E-state index in [1.165, 1.54) is 0 Å². The molecular weight excluding hydrogens is 209 g/mol. The van der Waals surface area contributed by atoms with E-state index < -0.39 is 18.3 Å². The number of hydrogen-bond acceptors (Lipinski definition) is 4. The van der Waals surface area contributed by atoms with Gasteiger partial charge in [0.25, 0.3) is 0 Å². The van der Waals surface area contributed by atoms with Crippen LogP contribution >= 0.6 is 12.2 Å². The molecular formula is C4H6KN3O3S. The number of carboxylic acid groups (broad SMARTS) is 1. The SMILES string of the molecule is NC(=S)NNC(=O)CC(=O)[O-].[K+]. The number of carboxylic acids is 1. The van der Waals surface area contributed by atoms with Crippen LogP contribution in [0.2, 0.25) is 0 Å². The van der Waals surface area contributed by atoms with Crippen molar-refractivity contribution in [3.8, 4) is 0 Å². The number of rotatable bonds is 2. The van der Waals surface area contributed by atoms with Crippen LogP contribution in [0, 0.1) is 0 Å². The van der Waals surface area contributed by atoms with Crippen LogP contribution in [0.4, 0.5) is 0 Å². The second kappa shape index (κ2) is 7.89. The minimum absolute atomic E-state index is 0. The summed E-state index contributed by atoms with van der Waals surface area (Å²) in [5.74, 6) is -2.23. The summed E-state index contributed by atoms with van der Waals surface area (Å²) >= 11 is 4.32. The van der Waals surface area contributed by atoms with Gasteiger partial charge in [-0.3, -0.25) is 15.6 Å². The Morgan fingerprint density at radius 2 is 1.92 bits per heavy atom. The summed E-state index contributed by atoms with van der Waals surface area (Å²) < 4.78 is 0. The molecule has 12 heavy (non-hydrogen) atoms. The van der Waals surface area contributed by atoms with Gasteiger partial charge in [-0.25, -0.2) is 0 Å². The third kappa shape index (κ3) is 10.3. The van der Waals surface area contributed by atoms with E-state index in [2.05, 4.69) is 17.6 Å². The molecule has 0 spiro atoms. The minimum atomic E-state index is -1.47. The van der Waals surface area contributed by atoms with Crippen LogP contribution in [-0.4, -0.2) is 17.0 Å². The maximum atomic E-state index is 10.4. The fourth-order valence-electron chi connectivity index (χ4n) is 0.307. The van der Waals surface area contributed by atoms with Crippen LogP contribution in [-0.2, 0) is 9.59 Å².